The quantitative estimate of drug-likeness (QED) is 0.494. The number of anilines is 1. The van der Waals surface area contributed by atoms with E-state index in [4.69, 9.17) is 16.0 Å². The Morgan fingerprint density at radius 1 is 1.08 bits per heavy atom. The highest BCUT2D eigenvalue weighted by Gasteiger charge is 2.27. The summed E-state index contributed by atoms with van der Waals surface area (Å²) in [6.07, 6.45) is 0.864. The zero-order valence-electron chi connectivity index (χ0n) is 13.2. The van der Waals surface area contributed by atoms with Gasteiger partial charge in [0.15, 0.2) is 5.76 Å². The van der Waals surface area contributed by atoms with Crippen molar-refractivity contribution < 1.29 is 9.21 Å². The lowest BCUT2D eigenvalue weighted by Crippen LogP contribution is -2.28. The third-order valence-electron chi connectivity index (χ3n) is 4.61. The number of para-hydroxylation sites is 1. The van der Waals surface area contributed by atoms with Crippen LogP contribution in [-0.4, -0.2) is 17.4 Å². The van der Waals surface area contributed by atoms with Crippen molar-refractivity contribution in [2.45, 2.75) is 6.42 Å². The van der Waals surface area contributed by atoms with Crippen LogP contribution in [0.5, 0.6) is 0 Å². The van der Waals surface area contributed by atoms with Crippen molar-refractivity contribution >= 4 is 45.2 Å². The molecule has 1 aliphatic heterocycles. The molecule has 2 aromatic carbocycles. The lowest BCUT2D eigenvalue weighted by Gasteiger charge is -2.15. The number of furan rings is 1. The predicted molar refractivity (Wildman–Crippen MR) is 98.3 cm³/mol. The van der Waals surface area contributed by atoms with Crippen LogP contribution < -0.4 is 4.90 Å². The van der Waals surface area contributed by atoms with Crippen LogP contribution in [-0.2, 0) is 6.42 Å². The fraction of sp³-hybridized carbons (Fsp3) is 0.100. The number of halogens is 1. The summed E-state index contributed by atoms with van der Waals surface area (Å²) < 4.78 is 5.76. The van der Waals surface area contributed by atoms with E-state index in [-0.39, 0.29) is 5.91 Å². The molecule has 1 amide bonds. The number of carbonyl (C=O) groups excluding carboxylic acids is 1. The number of fused-ring (bicyclic) bond motifs is 3. The van der Waals surface area contributed by atoms with Crippen LogP contribution in [0.1, 0.15) is 16.1 Å². The largest absolute Gasteiger partial charge is 0.433 e. The molecular weight excluding hydrogens is 336 g/mol. The van der Waals surface area contributed by atoms with E-state index >= 15 is 0 Å². The Bertz CT molecular complexity index is 1150. The van der Waals surface area contributed by atoms with Crippen molar-refractivity contribution in [1.82, 2.24) is 4.98 Å². The molecule has 4 nitrogen and oxygen atoms in total. The minimum atomic E-state index is -0.134. The molecule has 0 aliphatic carbocycles. The minimum absolute atomic E-state index is 0.134. The Labute approximate surface area is 148 Å². The van der Waals surface area contributed by atoms with Crippen molar-refractivity contribution in [3.8, 4) is 0 Å². The van der Waals surface area contributed by atoms with Gasteiger partial charge in [-0.25, -0.2) is 4.98 Å². The molecule has 0 fully saturated rings. The maximum atomic E-state index is 12.9. The molecule has 5 rings (SSSR count). The van der Waals surface area contributed by atoms with Gasteiger partial charge in [0.05, 0.1) is 5.52 Å². The lowest BCUT2D eigenvalue weighted by atomic mass is 10.2. The van der Waals surface area contributed by atoms with Gasteiger partial charge in [-0.15, -0.1) is 0 Å². The Kier molecular flexibility index (Phi) is 3.09. The molecule has 0 bridgehead atoms. The molecule has 0 atom stereocenters. The van der Waals surface area contributed by atoms with E-state index in [2.05, 4.69) is 11.1 Å². The van der Waals surface area contributed by atoms with Crippen molar-refractivity contribution in [1.29, 1.82) is 0 Å². The minimum Gasteiger partial charge on any atom is -0.433 e. The molecule has 0 saturated carbocycles. The molecule has 0 N–H and O–H groups in total. The first kappa shape index (κ1) is 14.5. The van der Waals surface area contributed by atoms with Gasteiger partial charge in [-0.05, 0) is 42.3 Å². The zero-order chi connectivity index (χ0) is 17.0. The van der Waals surface area contributed by atoms with Crippen LogP contribution >= 0.6 is 11.6 Å². The summed E-state index contributed by atoms with van der Waals surface area (Å²) in [6, 6.07) is 17.2. The van der Waals surface area contributed by atoms with Gasteiger partial charge >= 0.3 is 0 Å². The van der Waals surface area contributed by atoms with Gasteiger partial charge in [-0.3, -0.25) is 4.79 Å². The Hall–Kier alpha value is -2.85. The molecule has 0 unspecified atom stereocenters. The van der Waals surface area contributed by atoms with Gasteiger partial charge in [0.1, 0.15) is 0 Å². The standard InChI is InChI=1S/C20H13ClN2O2/c21-15-6-5-13-9-14-10-18(25-19(14)22-16(13)11-15)20(24)23-8-7-12-3-1-2-4-17(12)23/h1-6,9-11H,7-8H2. The van der Waals surface area contributed by atoms with Crippen LogP contribution in [0.2, 0.25) is 5.02 Å². The summed E-state index contributed by atoms with van der Waals surface area (Å²) in [4.78, 5) is 19.2. The number of pyridine rings is 1. The summed E-state index contributed by atoms with van der Waals surface area (Å²) in [5.41, 5.74) is 3.34. The SMILES string of the molecule is O=C(c1cc2cc3ccc(Cl)cc3nc2o1)N1CCc2ccccc21. The monoisotopic (exact) mass is 348 g/mol. The number of nitrogens with zero attached hydrogens (tertiary/aromatic N) is 2. The van der Waals surface area contributed by atoms with Crippen LogP contribution in [0.25, 0.3) is 22.0 Å². The van der Waals surface area contributed by atoms with Gasteiger partial charge in [0, 0.05) is 28.0 Å². The molecule has 4 aromatic rings. The van der Waals surface area contributed by atoms with E-state index in [0.717, 1.165) is 28.4 Å². The molecule has 3 heterocycles. The lowest BCUT2D eigenvalue weighted by molar-refractivity contribution is 0.0964. The maximum absolute atomic E-state index is 12.9. The van der Waals surface area contributed by atoms with Crippen molar-refractivity contribution in [2.24, 2.45) is 0 Å². The highest BCUT2D eigenvalue weighted by molar-refractivity contribution is 6.31. The van der Waals surface area contributed by atoms with Crippen molar-refractivity contribution in [3.63, 3.8) is 0 Å². The van der Waals surface area contributed by atoms with Gasteiger partial charge in [0.25, 0.3) is 5.91 Å². The second kappa shape index (κ2) is 5.33. The zero-order valence-corrected chi connectivity index (χ0v) is 14.0. The van der Waals surface area contributed by atoms with E-state index in [1.165, 1.54) is 5.56 Å². The third kappa shape index (κ3) is 2.29. The second-order valence-electron chi connectivity index (χ2n) is 6.17. The van der Waals surface area contributed by atoms with Gasteiger partial charge in [-0.1, -0.05) is 35.9 Å². The van der Waals surface area contributed by atoms with Crippen LogP contribution in [0.3, 0.4) is 0 Å². The normalized spacial score (nSPS) is 13.6. The maximum Gasteiger partial charge on any atom is 0.294 e. The van der Waals surface area contributed by atoms with E-state index < -0.39 is 0 Å². The Morgan fingerprint density at radius 2 is 1.96 bits per heavy atom. The number of amides is 1. The Morgan fingerprint density at radius 3 is 2.88 bits per heavy atom. The number of hydrogen-bond donors (Lipinski definition) is 0. The summed E-state index contributed by atoms with van der Waals surface area (Å²) in [5, 5.41) is 2.39. The van der Waals surface area contributed by atoms with Crippen molar-refractivity contribution in [2.75, 3.05) is 11.4 Å². The highest BCUT2D eigenvalue weighted by atomic mass is 35.5. The number of rotatable bonds is 1. The topological polar surface area (TPSA) is 46.3 Å². The molecule has 122 valence electrons. The highest BCUT2D eigenvalue weighted by Crippen LogP contribution is 2.31. The number of hydrogen-bond acceptors (Lipinski definition) is 3. The number of aromatic nitrogens is 1. The van der Waals surface area contributed by atoms with E-state index in [1.54, 1.807) is 17.0 Å². The third-order valence-corrected chi connectivity index (χ3v) is 4.84. The number of benzene rings is 2. The number of carbonyl (C=O) groups is 1. The first-order chi connectivity index (χ1) is 12.2. The van der Waals surface area contributed by atoms with Crippen molar-refractivity contribution in [3.05, 3.63) is 70.9 Å². The van der Waals surface area contributed by atoms with E-state index in [9.17, 15) is 4.79 Å². The van der Waals surface area contributed by atoms with E-state index in [1.807, 2.05) is 36.4 Å². The smallest absolute Gasteiger partial charge is 0.294 e. The second-order valence-corrected chi connectivity index (χ2v) is 6.60. The van der Waals surface area contributed by atoms with Gasteiger partial charge < -0.3 is 9.32 Å². The molecule has 0 radical (unpaired) electrons. The average Bonchev–Trinajstić information content (AvgIpc) is 3.23. The summed E-state index contributed by atoms with van der Waals surface area (Å²) in [6.45, 7) is 0.667. The molecule has 0 saturated heterocycles. The summed E-state index contributed by atoms with van der Waals surface area (Å²) >= 11 is 6.03. The van der Waals surface area contributed by atoms with E-state index in [0.29, 0.717) is 23.0 Å². The molecule has 25 heavy (non-hydrogen) atoms. The summed E-state index contributed by atoms with van der Waals surface area (Å²) in [7, 11) is 0. The van der Waals surface area contributed by atoms with Gasteiger partial charge in [0.2, 0.25) is 5.71 Å². The van der Waals surface area contributed by atoms with Crippen LogP contribution in [0.4, 0.5) is 5.69 Å². The first-order valence-corrected chi connectivity index (χ1v) is 8.46. The predicted octanol–water partition coefficient (Wildman–Crippen LogP) is 4.84. The molecule has 1 aliphatic rings. The summed E-state index contributed by atoms with van der Waals surface area (Å²) in [5.74, 6) is 0.172. The Balaban J connectivity index is 1.59. The van der Waals surface area contributed by atoms with Gasteiger partial charge in [-0.2, -0.15) is 0 Å². The van der Waals surface area contributed by atoms with Crippen LogP contribution in [0, 0.1) is 0 Å². The molecule has 5 heteroatoms. The fourth-order valence-corrected chi connectivity index (χ4v) is 3.55. The average molecular weight is 349 g/mol. The fourth-order valence-electron chi connectivity index (χ4n) is 3.39. The first-order valence-electron chi connectivity index (χ1n) is 8.09. The molecule has 2 aromatic heterocycles. The molecular formula is C20H13ClN2O2. The van der Waals surface area contributed by atoms with Crippen LogP contribution in [0.15, 0.2) is 59.0 Å². The molecule has 0 spiro atoms.